The topological polar surface area (TPSA) is 0 Å². The highest BCUT2D eigenvalue weighted by Crippen LogP contribution is 2.66. The van der Waals surface area contributed by atoms with E-state index in [4.69, 9.17) is 0 Å². The highest BCUT2D eigenvalue weighted by Gasteiger charge is 2.55. The number of rotatable bonds is 3. The van der Waals surface area contributed by atoms with Crippen LogP contribution in [0.4, 0.5) is 0 Å². The molecule has 1 fully saturated rings. The molecule has 5 aliphatic carbocycles. The summed E-state index contributed by atoms with van der Waals surface area (Å²) in [6.45, 7) is 14.5. The second kappa shape index (κ2) is 9.93. The number of hydrogen-bond donors (Lipinski definition) is 0. The molecule has 232 valence electrons. The molecule has 0 heterocycles. The van der Waals surface area contributed by atoms with E-state index < -0.39 is 0 Å². The summed E-state index contributed by atoms with van der Waals surface area (Å²) in [6.07, 6.45) is 14.3. The summed E-state index contributed by atoms with van der Waals surface area (Å²) in [5.74, 6) is 1.85. The molecule has 0 aromatic heterocycles. The number of hydrogen-bond acceptors (Lipinski definition) is 0. The Hall–Kier alpha value is -3.64. The minimum atomic E-state index is -0.148. The van der Waals surface area contributed by atoms with Gasteiger partial charge in [-0.2, -0.15) is 0 Å². The minimum Gasteiger partial charge on any atom is -0.0681 e. The van der Waals surface area contributed by atoms with Gasteiger partial charge in [-0.3, -0.25) is 0 Å². The van der Waals surface area contributed by atoms with E-state index in [2.05, 4.69) is 120 Å². The van der Waals surface area contributed by atoms with Crippen molar-refractivity contribution in [2.45, 2.75) is 97.3 Å². The van der Waals surface area contributed by atoms with Crippen molar-refractivity contribution in [3.05, 3.63) is 129 Å². The van der Waals surface area contributed by atoms with E-state index in [0.29, 0.717) is 17.8 Å². The summed E-state index contributed by atoms with van der Waals surface area (Å²) in [4.78, 5) is 0. The second-order valence-electron chi connectivity index (χ2n) is 16.4. The Labute approximate surface area is 276 Å². The molecule has 0 saturated heterocycles. The standard InChI is InChI=1S/C46H48/c1-27(2)22-30-16-18-35-33(24-30)17-19-37-40-39(46(43(35)37)26-28(3)23-29(4)41(46)31-12-8-7-9-13-31)21-20-36-38-25-32-14-10-11-15-34(32)42(38)45(5,6)44(36)40/h10-11,14-21,23-24,26-27,31,41H,7-9,12-13,22,25H2,1-6H3. The molecular formula is C46H48. The summed E-state index contributed by atoms with van der Waals surface area (Å²) in [7, 11) is 0. The Morgan fingerprint density at radius 2 is 1.59 bits per heavy atom. The molecule has 0 N–H and O–H groups in total. The maximum absolute atomic E-state index is 2.73. The van der Waals surface area contributed by atoms with Crippen molar-refractivity contribution in [3.63, 3.8) is 0 Å². The van der Waals surface area contributed by atoms with Crippen molar-refractivity contribution in [1.82, 2.24) is 0 Å². The predicted molar refractivity (Wildman–Crippen MR) is 196 cm³/mol. The smallest absolute Gasteiger partial charge is 0.0473 e. The van der Waals surface area contributed by atoms with Crippen LogP contribution in [-0.4, -0.2) is 0 Å². The molecular weight excluding hydrogens is 553 g/mol. The van der Waals surface area contributed by atoms with Gasteiger partial charge in [0.1, 0.15) is 0 Å². The molecule has 0 heteroatoms. The van der Waals surface area contributed by atoms with Gasteiger partial charge < -0.3 is 0 Å². The van der Waals surface area contributed by atoms with E-state index in [1.165, 1.54) is 76.3 Å². The van der Waals surface area contributed by atoms with Gasteiger partial charge in [0.15, 0.2) is 0 Å². The van der Waals surface area contributed by atoms with E-state index in [0.717, 1.165) is 12.8 Å². The van der Waals surface area contributed by atoms with E-state index in [-0.39, 0.29) is 10.8 Å². The fourth-order valence-corrected chi connectivity index (χ4v) is 11.3. The van der Waals surface area contributed by atoms with Gasteiger partial charge in [0, 0.05) is 10.8 Å². The normalized spacial score (nSPS) is 24.2. The molecule has 0 radical (unpaired) electrons. The zero-order valence-electron chi connectivity index (χ0n) is 28.7. The molecule has 46 heavy (non-hydrogen) atoms. The molecule has 1 saturated carbocycles. The van der Waals surface area contributed by atoms with Crippen molar-refractivity contribution in [1.29, 1.82) is 0 Å². The molecule has 0 aliphatic heterocycles. The van der Waals surface area contributed by atoms with Crippen LogP contribution in [0.1, 0.15) is 113 Å². The van der Waals surface area contributed by atoms with Gasteiger partial charge in [-0.25, -0.2) is 0 Å². The molecule has 0 bridgehead atoms. The van der Waals surface area contributed by atoms with Gasteiger partial charge in [-0.1, -0.05) is 137 Å². The van der Waals surface area contributed by atoms with Crippen LogP contribution in [0.2, 0.25) is 0 Å². The van der Waals surface area contributed by atoms with Crippen LogP contribution in [0, 0.1) is 17.8 Å². The Kier molecular flexibility index (Phi) is 6.17. The number of fused-ring (bicyclic) bond motifs is 12. The monoisotopic (exact) mass is 600 g/mol. The van der Waals surface area contributed by atoms with Gasteiger partial charge in [0.2, 0.25) is 0 Å². The fourth-order valence-electron chi connectivity index (χ4n) is 11.3. The SMILES string of the molecule is CC1=CC2(c3ccc4c(c3-c3ccc5cc(CC(C)C)ccc5c32)C(C)(C)C2=C4Cc3ccccc32)C(C2CCCCC2)C(C)=C1. The van der Waals surface area contributed by atoms with Crippen molar-refractivity contribution >= 4 is 21.9 Å². The average Bonchev–Trinajstić information content (AvgIpc) is 3.62. The summed E-state index contributed by atoms with van der Waals surface area (Å²) < 4.78 is 0. The van der Waals surface area contributed by atoms with Gasteiger partial charge in [-0.05, 0) is 129 Å². The zero-order chi connectivity index (χ0) is 31.5. The molecule has 2 atom stereocenters. The molecule has 0 nitrogen and oxygen atoms in total. The molecule has 4 aromatic carbocycles. The first-order chi connectivity index (χ1) is 22.2. The van der Waals surface area contributed by atoms with E-state index in [1.54, 1.807) is 39.0 Å². The first kappa shape index (κ1) is 28.6. The first-order valence-corrected chi connectivity index (χ1v) is 18.1. The lowest BCUT2D eigenvalue weighted by atomic mass is 9.56. The molecule has 9 rings (SSSR count). The lowest BCUT2D eigenvalue weighted by molar-refractivity contribution is 0.227. The van der Waals surface area contributed by atoms with Crippen LogP contribution in [0.3, 0.4) is 0 Å². The molecule has 0 amide bonds. The maximum Gasteiger partial charge on any atom is 0.0473 e. The fraction of sp³-hybridized carbons (Fsp3) is 0.391. The lowest BCUT2D eigenvalue weighted by Gasteiger charge is -2.47. The molecule has 5 aliphatic rings. The van der Waals surface area contributed by atoms with Crippen LogP contribution >= 0.6 is 0 Å². The van der Waals surface area contributed by atoms with E-state index >= 15 is 0 Å². The highest BCUT2D eigenvalue weighted by atomic mass is 14.6. The quantitative estimate of drug-likeness (QED) is 0.219. The maximum atomic E-state index is 2.73. The molecule has 4 aromatic rings. The predicted octanol–water partition coefficient (Wildman–Crippen LogP) is 12.2. The van der Waals surface area contributed by atoms with Crippen LogP contribution in [0.25, 0.3) is 33.0 Å². The van der Waals surface area contributed by atoms with Crippen molar-refractivity contribution in [2.75, 3.05) is 0 Å². The first-order valence-electron chi connectivity index (χ1n) is 18.1. The Balaban J connectivity index is 1.36. The number of benzene rings is 4. The third-order valence-corrected chi connectivity index (χ3v) is 12.6. The molecule has 1 spiro atoms. The highest BCUT2D eigenvalue weighted by molar-refractivity contribution is 6.10. The third kappa shape index (κ3) is 3.74. The van der Waals surface area contributed by atoms with Gasteiger partial charge in [0.05, 0.1) is 0 Å². The van der Waals surface area contributed by atoms with Crippen molar-refractivity contribution < 1.29 is 0 Å². The van der Waals surface area contributed by atoms with Gasteiger partial charge in [0.25, 0.3) is 0 Å². The molecule has 2 unspecified atom stereocenters. The van der Waals surface area contributed by atoms with Crippen molar-refractivity contribution in [2.24, 2.45) is 17.8 Å². The van der Waals surface area contributed by atoms with E-state index in [1.807, 2.05) is 0 Å². The lowest BCUT2D eigenvalue weighted by Crippen LogP contribution is -2.41. The summed E-state index contributed by atoms with van der Waals surface area (Å²) >= 11 is 0. The van der Waals surface area contributed by atoms with Gasteiger partial charge >= 0.3 is 0 Å². The Bertz CT molecular complexity index is 2050. The average molecular weight is 601 g/mol. The van der Waals surface area contributed by atoms with Crippen LogP contribution < -0.4 is 0 Å². The van der Waals surface area contributed by atoms with Crippen molar-refractivity contribution in [3.8, 4) is 11.1 Å². The summed E-state index contributed by atoms with van der Waals surface area (Å²) in [5, 5.41) is 2.88. The largest absolute Gasteiger partial charge is 0.0681 e. The van der Waals surface area contributed by atoms with Crippen LogP contribution in [-0.2, 0) is 23.7 Å². The van der Waals surface area contributed by atoms with Gasteiger partial charge in [-0.15, -0.1) is 0 Å². The summed E-state index contributed by atoms with van der Waals surface area (Å²) in [5.41, 5.74) is 19.7. The Morgan fingerprint density at radius 1 is 0.804 bits per heavy atom. The van der Waals surface area contributed by atoms with Crippen LogP contribution in [0.15, 0.2) is 90.0 Å². The second-order valence-corrected chi connectivity index (χ2v) is 16.4. The van der Waals surface area contributed by atoms with Crippen LogP contribution in [0.5, 0.6) is 0 Å². The third-order valence-electron chi connectivity index (χ3n) is 12.6. The number of allylic oxidation sites excluding steroid dienone is 6. The minimum absolute atomic E-state index is 0.0554. The Morgan fingerprint density at radius 3 is 2.39 bits per heavy atom. The summed E-state index contributed by atoms with van der Waals surface area (Å²) in [6, 6.07) is 26.8. The van der Waals surface area contributed by atoms with E-state index in [9.17, 15) is 0 Å². The zero-order valence-corrected chi connectivity index (χ0v) is 28.7.